The molecule has 1 N–H and O–H groups in total. The summed E-state index contributed by atoms with van der Waals surface area (Å²) >= 11 is 1.56. The highest BCUT2D eigenvalue weighted by atomic mass is 32.1. The molecule has 3 rings (SSSR count). The highest BCUT2D eigenvalue weighted by Gasteiger charge is 2.17. The van der Waals surface area contributed by atoms with E-state index in [1.807, 2.05) is 12.3 Å². The minimum Gasteiger partial charge on any atom is -0.478 e. The molecule has 0 saturated heterocycles. The first kappa shape index (κ1) is 13.4. The van der Waals surface area contributed by atoms with Gasteiger partial charge in [0.05, 0.1) is 28.2 Å². The van der Waals surface area contributed by atoms with E-state index in [1.54, 1.807) is 29.5 Å². The maximum atomic E-state index is 11.2. The SMILES string of the molecule is Cc1nc(Cc2noc(-c3ccccc3C(=O)O)n2)cs1. The van der Waals surface area contributed by atoms with E-state index in [0.29, 0.717) is 17.8 Å². The predicted octanol–water partition coefficient (Wildman–Crippen LogP) is 2.79. The third-order valence-corrected chi connectivity index (χ3v) is 3.68. The van der Waals surface area contributed by atoms with Crippen LogP contribution in [-0.4, -0.2) is 26.2 Å². The Morgan fingerprint density at radius 3 is 2.86 bits per heavy atom. The van der Waals surface area contributed by atoms with Gasteiger partial charge in [0, 0.05) is 5.38 Å². The van der Waals surface area contributed by atoms with Crippen molar-refractivity contribution in [3.8, 4) is 11.5 Å². The van der Waals surface area contributed by atoms with E-state index < -0.39 is 5.97 Å². The van der Waals surface area contributed by atoms with Crippen molar-refractivity contribution in [2.75, 3.05) is 0 Å². The highest BCUT2D eigenvalue weighted by molar-refractivity contribution is 7.09. The smallest absolute Gasteiger partial charge is 0.336 e. The zero-order valence-electron chi connectivity index (χ0n) is 11.1. The molecule has 0 aliphatic heterocycles. The fourth-order valence-electron chi connectivity index (χ4n) is 1.94. The van der Waals surface area contributed by atoms with E-state index in [2.05, 4.69) is 15.1 Å². The molecular weight excluding hydrogens is 290 g/mol. The van der Waals surface area contributed by atoms with Gasteiger partial charge in [-0.15, -0.1) is 11.3 Å². The minimum absolute atomic E-state index is 0.136. The van der Waals surface area contributed by atoms with Gasteiger partial charge >= 0.3 is 5.97 Å². The van der Waals surface area contributed by atoms with Crippen LogP contribution in [0.5, 0.6) is 0 Å². The molecule has 21 heavy (non-hydrogen) atoms. The maximum absolute atomic E-state index is 11.2. The van der Waals surface area contributed by atoms with E-state index in [1.165, 1.54) is 6.07 Å². The van der Waals surface area contributed by atoms with Crippen LogP contribution in [-0.2, 0) is 6.42 Å². The topological polar surface area (TPSA) is 89.1 Å². The molecule has 1 aromatic carbocycles. The van der Waals surface area contributed by atoms with Crippen LogP contribution in [0, 0.1) is 6.92 Å². The van der Waals surface area contributed by atoms with Gasteiger partial charge in [0.1, 0.15) is 0 Å². The van der Waals surface area contributed by atoms with Crippen LogP contribution in [0.25, 0.3) is 11.5 Å². The summed E-state index contributed by atoms with van der Waals surface area (Å²) in [5, 5.41) is 16.0. The van der Waals surface area contributed by atoms with Gasteiger partial charge in [-0.3, -0.25) is 0 Å². The van der Waals surface area contributed by atoms with Gasteiger partial charge in [0.2, 0.25) is 0 Å². The lowest BCUT2D eigenvalue weighted by molar-refractivity contribution is 0.0697. The molecule has 0 atom stereocenters. The van der Waals surface area contributed by atoms with Crippen LogP contribution in [0.4, 0.5) is 0 Å². The Kier molecular flexibility index (Phi) is 3.49. The lowest BCUT2D eigenvalue weighted by Gasteiger charge is -1.99. The fraction of sp³-hybridized carbons (Fsp3) is 0.143. The molecule has 3 aromatic rings. The van der Waals surface area contributed by atoms with Crippen LogP contribution in [0.3, 0.4) is 0 Å². The largest absolute Gasteiger partial charge is 0.478 e. The Bertz CT molecular complexity index is 794. The number of carboxylic acids is 1. The van der Waals surface area contributed by atoms with Gasteiger partial charge in [-0.2, -0.15) is 4.98 Å². The quantitative estimate of drug-likeness (QED) is 0.797. The predicted molar refractivity (Wildman–Crippen MR) is 76.4 cm³/mol. The molecule has 0 spiro atoms. The molecule has 0 saturated carbocycles. The molecule has 0 aliphatic carbocycles. The molecule has 0 aliphatic rings. The second-order valence-corrected chi connectivity index (χ2v) is 5.46. The zero-order valence-corrected chi connectivity index (χ0v) is 11.9. The third kappa shape index (κ3) is 2.82. The summed E-state index contributed by atoms with van der Waals surface area (Å²) in [4.78, 5) is 19.8. The monoisotopic (exact) mass is 301 g/mol. The number of thiazole rings is 1. The number of hydrogen-bond acceptors (Lipinski definition) is 6. The van der Waals surface area contributed by atoms with Crippen molar-refractivity contribution in [2.24, 2.45) is 0 Å². The van der Waals surface area contributed by atoms with Crippen molar-refractivity contribution < 1.29 is 14.4 Å². The molecule has 0 radical (unpaired) electrons. The van der Waals surface area contributed by atoms with E-state index in [9.17, 15) is 9.90 Å². The van der Waals surface area contributed by atoms with E-state index >= 15 is 0 Å². The second kappa shape index (κ2) is 5.45. The van der Waals surface area contributed by atoms with Crippen molar-refractivity contribution in [2.45, 2.75) is 13.3 Å². The number of carboxylic acid groups (broad SMARTS) is 1. The number of aromatic nitrogens is 3. The van der Waals surface area contributed by atoms with E-state index in [-0.39, 0.29) is 11.5 Å². The lowest BCUT2D eigenvalue weighted by atomic mass is 10.1. The third-order valence-electron chi connectivity index (χ3n) is 2.86. The average Bonchev–Trinajstić information content (AvgIpc) is 3.08. The van der Waals surface area contributed by atoms with Crippen molar-refractivity contribution in [1.29, 1.82) is 0 Å². The van der Waals surface area contributed by atoms with Gasteiger partial charge in [-0.05, 0) is 19.1 Å². The lowest BCUT2D eigenvalue weighted by Crippen LogP contribution is -1.99. The van der Waals surface area contributed by atoms with Crippen molar-refractivity contribution in [3.63, 3.8) is 0 Å². The standard InChI is InChI=1S/C14H11N3O3S/c1-8-15-9(7-21-8)6-12-16-13(20-17-12)10-4-2-3-5-11(10)14(18)19/h2-5,7H,6H2,1H3,(H,18,19). The van der Waals surface area contributed by atoms with E-state index in [4.69, 9.17) is 4.52 Å². The minimum atomic E-state index is -1.03. The normalized spacial score (nSPS) is 10.7. The Balaban J connectivity index is 1.90. The van der Waals surface area contributed by atoms with Crippen LogP contribution in [0.15, 0.2) is 34.2 Å². The average molecular weight is 301 g/mol. The Labute approximate surface area is 124 Å². The maximum Gasteiger partial charge on any atom is 0.336 e. The molecule has 2 heterocycles. The summed E-state index contributed by atoms with van der Waals surface area (Å²) in [7, 11) is 0. The molecule has 0 amide bonds. The fourth-order valence-corrected chi connectivity index (χ4v) is 2.56. The zero-order chi connectivity index (χ0) is 14.8. The summed E-state index contributed by atoms with van der Waals surface area (Å²) in [6, 6.07) is 6.54. The van der Waals surface area contributed by atoms with Crippen molar-refractivity contribution in [3.05, 3.63) is 51.7 Å². The number of benzene rings is 1. The molecular formula is C14H11N3O3S. The number of rotatable bonds is 4. The van der Waals surface area contributed by atoms with Gasteiger partial charge < -0.3 is 9.63 Å². The van der Waals surface area contributed by atoms with Gasteiger partial charge in [-0.1, -0.05) is 17.3 Å². The number of nitrogens with zero attached hydrogens (tertiary/aromatic N) is 3. The van der Waals surface area contributed by atoms with Gasteiger partial charge in [0.25, 0.3) is 5.89 Å². The number of aryl methyl sites for hydroxylation is 1. The second-order valence-electron chi connectivity index (χ2n) is 4.40. The number of hydrogen-bond donors (Lipinski definition) is 1. The molecule has 0 fully saturated rings. The van der Waals surface area contributed by atoms with Crippen LogP contribution < -0.4 is 0 Å². The van der Waals surface area contributed by atoms with Crippen molar-refractivity contribution in [1.82, 2.24) is 15.1 Å². The molecule has 0 unspecified atom stereocenters. The molecule has 106 valence electrons. The van der Waals surface area contributed by atoms with Crippen LogP contribution in [0.1, 0.15) is 26.9 Å². The summed E-state index contributed by atoms with van der Waals surface area (Å²) < 4.78 is 5.17. The van der Waals surface area contributed by atoms with Gasteiger partial charge in [0.15, 0.2) is 5.82 Å². The number of aromatic carboxylic acids is 1. The molecule has 0 bridgehead atoms. The van der Waals surface area contributed by atoms with Crippen LogP contribution in [0.2, 0.25) is 0 Å². The molecule has 2 aromatic heterocycles. The summed E-state index contributed by atoms with van der Waals surface area (Å²) in [6.07, 6.45) is 0.461. The Morgan fingerprint density at radius 2 is 2.14 bits per heavy atom. The number of carbonyl (C=O) groups is 1. The first-order valence-corrected chi connectivity index (χ1v) is 7.08. The molecule has 6 nitrogen and oxygen atoms in total. The Morgan fingerprint density at radius 1 is 1.33 bits per heavy atom. The highest BCUT2D eigenvalue weighted by Crippen LogP contribution is 2.22. The summed E-state index contributed by atoms with van der Waals surface area (Å²) in [5.41, 5.74) is 1.42. The first-order chi connectivity index (χ1) is 10.1. The summed E-state index contributed by atoms with van der Waals surface area (Å²) in [6.45, 7) is 1.93. The van der Waals surface area contributed by atoms with E-state index in [0.717, 1.165) is 10.7 Å². The van der Waals surface area contributed by atoms with Crippen molar-refractivity contribution >= 4 is 17.3 Å². The molecule has 7 heteroatoms. The Hall–Kier alpha value is -2.54. The van der Waals surface area contributed by atoms with Gasteiger partial charge in [-0.25, -0.2) is 9.78 Å². The van der Waals surface area contributed by atoms with Crippen LogP contribution >= 0.6 is 11.3 Å². The summed E-state index contributed by atoms with van der Waals surface area (Å²) in [5.74, 6) is -0.342. The first-order valence-electron chi connectivity index (χ1n) is 6.20.